The standard InChI is InChI=1S/C22H18N4O4/c1-11-6-5-7-12(2)18(11)24-20(28)13-8-3-4-9-15(13)26-16(27)10-14-17(19(26)23)22(30)25-21(14)29/h3-10H,23H2,1-2H3,(H,24,28)(H,25,29,30). The Morgan fingerprint density at radius 3 is 2.33 bits per heavy atom. The molecule has 3 aromatic rings. The lowest BCUT2D eigenvalue weighted by Crippen LogP contribution is -2.26. The number of carbonyl (C=O) groups is 3. The summed E-state index contributed by atoms with van der Waals surface area (Å²) in [6.45, 7) is 3.76. The lowest BCUT2D eigenvalue weighted by atomic mass is 10.1. The van der Waals surface area contributed by atoms with Crippen LogP contribution in [0.3, 0.4) is 0 Å². The number of hydrogen-bond donors (Lipinski definition) is 3. The molecule has 0 fully saturated rings. The van der Waals surface area contributed by atoms with Crippen LogP contribution in [0.25, 0.3) is 5.69 Å². The molecule has 2 aromatic carbocycles. The third-order valence-electron chi connectivity index (χ3n) is 5.06. The Bertz CT molecular complexity index is 1290. The molecule has 0 spiro atoms. The number of para-hydroxylation sites is 2. The van der Waals surface area contributed by atoms with Gasteiger partial charge in [-0.15, -0.1) is 0 Å². The molecule has 150 valence electrons. The smallest absolute Gasteiger partial charge is 0.262 e. The molecule has 4 N–H and O–H groups in total. The van der Waals surface area contributed by atoms with Gasteiger partial charge in [-0.25, -0.2) is 0 Å². The predicted molar refractivity (Wildman–Crippen MR) is 112 cm³/mol. The van der Waals surface area contributed by atoms with E-state index in [1.807, 2.05) is 32.0 Å². The molecule has 8 heteroatoms. The summed E-state index contributed by atoms with van der Waals surface area (Å²) in [5, 5.41) is 5.01. The highest BCUT2D eigenvalue weighted by molar-refractivity contribution is 6.23. The van der Waals surface area contributed by atoms with E-state index in [1.165, 1.54) is 0 Å². The Balaban J connectivity index is 1.85. The molecular formula is C22H18N4O4. The number of anilines is 2. The Labute approximate surface area is 171 Å². The van der Waals surface area contributed by atoms with Gasteiger partial charge >= 0.3 is 0 Å². The van der Waals surface area contributed by atoms with E-state index in [0.29, 0.717) is 5.69 Å². The molecule has 0 aliphatic carbocycles. The highest BCUT2D eigenvalue weighted by atomic mass is 16.2. The van der Waals surface area contributed by atoms with Crippen molar-refractivity contribution in [1.29, 1.82) is 0 Å². The van der Waals surface area contributed by atoms with Gasteiger partial charge in [0.25, 0.3) is 23.3 Å². The molecule has 0 atom stereocenters. The average molecular weight is 402 g/mol. The van der Waals surface area contributed by atoms with Crippen molar-refractivity contribution in [1.82, 2.24) is 9.88 Å². The maximum atomic E-state index is 13.1. The first-order valence-electron chi connectivity index (χ1n) is 9.17. The van der Waals surface area contributed by atoms with Crippen molar-refractivity contribution in [2.24, 2.45) is 0 Å². The molecule has 0 unspecified atom stereocenters. The number of aryl methyl sites for hydroxylation is 2. The molecule has 4 rings (SSSR count). The van der Waals surface area contributed by atoms with Crippen LogP contribution in [-0.2, 0) is 0 Å². The molecular weight excluding hydrogens is 384 g/mol. The van der Waals surface area contributed by atoms with Crippen molar-refractivity contribution in [2.45, 2.75) is 13.8 Å². The van der Waals surface area contributed by atoms with Crippen LogP contribution in [0.15, 0.2) is 53.3 Å². The van der Waals surface area contributed by atoms with E-state index >= 15 is 0 Å². The minimum Gasteiger partial charge on any atom is -0.384 e. The fraction of sp³-hybridized carbons (Fsp3) is 0.0909. The summed E-state index contributed by atoms with van der Waals surface area (Å²) in [5.41, 5.74) is 8.20. The van der Waals surface area contributed by atoms with Crippen LogP contribution >= 0.6 is 0 Å². The summed E-state index contributed by atoms with van der Waals surface area (Å²) in [6, 6.07) is 13.1. The number of imide groups is 1. The summed E-state index contributed by atoms with van der Waals surface area (Å²) in [4.78, 5) is 49.8. The highest BCUT2D eigenvalue weighted by Crippen LogP contribution is 2.26. The third-order valence-corrected chi connectivity index (χ3v) is 5.06. The molecule has 1 aliphatic heterocycles. The predicted octanol–water partition coefficient (Wildman–Crippen LogP) is 2.17. The molecule has 1 aromatic heterocycles. The van der Waals surface area contributed by atoms with Crippen molar-refractivity contribution in [3.05, 3.63) is 86.7 Å². The van der Waals surface area contributed by atoms with E-state index in [9.17, 15) is 19.2 Å². The van der Waals surface area contributed by atoms with E-state index in [1.54, 1.807) is 24.3 Å². The van der Waals surface area contributed by atoms with Gasteiger partial charge in [-0.3, -0.25) is 29.1 Å². The lowest BCUT2D eigenvalue weighted by molar-refractivity contribution is 0.0879. The number of nitrogens with one attached hydrogen (secondary N) is 2. The average Bonchev–Trinajstić information content (AvgIpc) is 2.98. The molecule has 2 heterocycles. The number of aromatic nitrogens is 1. The molecule has 0 bridgehead atoms. The lowest BCUT2D eigenvalue weighted by Gasteiger charge is -2.17. The van der Waals surface area contributed by atoms with Crippen molar-refractivity contribution >= 4 is 29.2 Å². The van der Waals surface area contributed by atoms with Crippen LogP contribution in [0.2, 0.25) is 0 Å². The first-order valence-corrected chi connectivity index (χ1v) is 9.17. The molecule has 3 amide bonds. The minimum atomic E-state index is -0.682. The molecule has 0 saturated carbocycles. The number of nitrogens with two attached hydrogens (primary N) is 1. The van der Waals surface area contributed by atoms with Crippen molar-refractivity contribution in [3.63, 3.8) is 0 Å². The zero-order valence-electron chi connectivity index (χ0n) is 16.3. The van der Waals surface area contributed by atoms with Crippen LogP contribution in [0, 0.1) is 13.8 Å². The Kier molecular flexibility index (Phi) is 4.46. The van der Waals surface area contributed by atoms with Gasteiger partial charge in [0.15, 0.2) is 0 Å². The maximum Gasteiger partial charge on any atom is 0.262 e. The topological polar surface area (TPSA) is 123 Å². The van der Waals surface area contributed by atoms with Gasteiger partial charge in [-0.1, -0.05) is 30.3 Å². The number of hydrogen-bond acceptors (Lipinski definition) is 5. The van der Waals surface area contributed by atoms with E-state index in [2.05, 4.69) is 10.6 Å². The third kappa shape index (κ3) is 2.95. The second-order valence-electron chi connectivity index (χ2n) is 7.01. The molecule has 8 nitrogen and oxygen atoms in total. The second kappa shape index (κ2) is 7.00. The molecule has 1 aliphatic rings. The van der Waals surface area contributed by atoms with Crippen LogP contribution in [0.4, 0.5) is 11.5 Å². The number of nitrogens with zero attached hydrogens (tertiary/aromatic N) is 1. The normalized spacial score (nSPS) is 12.5. The summed E-state index contributed by atoms with van der Waals surface area (Å²) in [7, 11) is 0. The van der Waals surface area contributed by atoms with E-state index in [4.69, 9.17) is 5.73 Å². The van der Waals surface area contributed by atoms with Gasteiger partial charge in [0, 0.05) is 11.8 Å². The monoisotopic (exact) mass is 402 g/mol. The summed E-state index contributed by atoms with van der Waals surface area (Å²) >= 11 is 0. The number of carbonyl (C=O) groups excluding carboxylic acids is 3. The first-order chi connectivity index (χ1) is 14.3. The van der Waals surface area contributed by atoms with Crippen LogP contribution in [-0.4, -0.2) is 22.3 Å². The van der Waals surface area contributed by atoms with Crippen molar-refractivity contribution in [3.8, 4) is 5.69 Å². The van der Waals surface area contributed by atoms with Crippen LogP contribution in [0.1, 0.15) is 42.2 Å². The Morgan fingerprint density at radius 1 is 0.967 bits per heavy atom. The largest absolute Gasteiger partial charge is 0.384 e. The number of rotatable bonds is 3. The van der Waals surface area contributed by atoms with Gasteiger partial charge in [0.1, 0.15) is 5.82 Å². The van der Waals surface area contributed by atoms with Crippen LogP contribution in [0.5, 0.6) is 0 Å². The quantitative estimate of drug-likeness (QED) is 0.580. The molecule has 30 heavy (non-hydrogen) atoms. The van der Waals surface area contributed by atoms with Gasteiger partial charge in [-0.05, 0) is 37.1 Å². The number of nitrogen functional groups attached to an aromatic ring is 1. The number of fused-ring (bicyclic) bond motifs is 1. The Hall–Kier alpha value is -4.20. The van der Waals surface area contributed by atoms with Gasteiger partial charge in [0.05, 0.1) is 22.4 Å². The molecule has 0 radical (unpaired) electrons. The number of amides is 3. The van der Waals surface area contributed by atoms with Crippen LogP contribution < -0.4 is 21.9 Å². The van der Waals surface area contributed by atoms with Gasteiger partial charge in [-0.2, -0.15) is 0 Å². The fourth-order valence-corrected chi connectivity index (χ4v) is 3.58. The van der Waals surface area contributed by atoms with Gasteiger partial charge in [0.2, 0.25) is 0 Å². The fourth-order valence-electron chi connectivity index (χ4n) is 3.58. The summed E-state index contributed by atoms with van der Waals surface area (Å²) in [6.07, 6.45) is 0. The molecule has 0 saturated heterocycles. The maximum absolute atomic E-state index is 13.1. The SMILES string of the molecule is Cc1cccc(C)c1NC(=O)c1ccccc1-n1c(N)c2c(cc1=O)C(=O)NC2=O. The Morgan fingerprint density at radius 2 is 1.63 bits per heavy atom. The number of pyridine rings is 1. The minimum absolute atomic E-state index is 0.0729. The van der Waals surface area contributed by atoms with E-state index in [0.717, 1.165) is 21.8 Å². The highest BCUT2D eigenvalue weighted by Gasteiger charge is 2.32. The van der Waals surface area contributed by atoms with E-state index in [-0.39, 0.29) is 28.2 Å². The summed E-state index contributed by atoms with van der Waals surface area (Å²) in [5.74, 6) is -1.99. The van der Waals surface area contributed by atoms with Crippen molar-refractivity contribution in [2.75, 3.05) is 11.1 Å². The second-order valence-corrected chi connectivity index (χ2v) is 7.01. The van der Waals surface area contributed by atoms with E-state index < -0.39 is 23.3 Å². The zero-order valence-corrected chi connectivity index (χ0v) is 16.3. The van der Waals surface area contributed by atoms with Gasteiger partial charge < -0.3 is 11.1 Å². The van der Waals surface area contributed by atoms with Crippen molar-refractivity contribution < 1.29 is 14.4 Å². The summed E-state index contributed by atoms with van der Waals surface area (Å²) < 4.78 is 1.07. The number of benzene rings is 2. The zero-order chi connectivity index (χ0) is 21.6. The first kappa shape index (κ1) is 19.1.